The van der Waals surface area contributed by atoms with Crippen LogP contribution >= 0.6 is 0 Å². The zero-order chi connectivity index (χ0) is 25.3. The maximum absolute atomic E-state index is 13.0. The van der Waals surface area contributed by atoms with Crippen molar-refractivity contribution in [3.8, 4) is 11.5 Å². The summed E-state index contributed by atoms with van der Waals surface area (Å²) in [7, 11) is 0. The summed E-state index contributed by atoms with van der Waals surface area (Å²) >= 11 is 0. The van der Waals surface area contributed by atoms with E-state index < -0.39 is 59.4 Å². The molecule has 0 saturated carbocycles. The van der Waals surface area contributed by atoms with E-state index in [1.807, 2.05) is 5.32 Å². The molecule has 3 aromatic rings. The van der Waals surface area contributed by atoms with E-state index in [-0.39, 0.29) is 5.69 Å². The monoisotopic (exact) mass is 497 g/mol. The first-order chi connectivity index (χ1) is 15.6. The summed E-state index contributed by atoms with van der Waals surface area (Å²) in [5.74, 6) is -1.83. The SMILES string of the molecule is CC(Nc1nc(Nc2ccnc(C(F)(F)F)c2)nc(-c2cccc(C(F)(F)F)n2)n1)C(F)(F)F. The van der Waals surface area contributed by atoms with Crippen LogP contribution in [0.3, 0.4) is 0 Å². The Labute approximate surface area is 184 Å². The average molecular weight is 497 g/mol. The lowest BCUT2D eigenvalue weighted by Crippen LogP contribution is -2.34. The van der Waals surface area contributed by atoms with E-state index in [1.54, 1.807) is 0 Å². The van der Waals surface area contributed by atoms with Gasteiger partial charge in [0.05, 0.1) is 0 Å². The van der Waals surface area contributed by atoms with Crippen LogP contribution in [0.2, 0.25) is 0 Å². The van der Waals surface area contributed by atoms with E-state index in [0.717, 1.165) is 31.3 Å². The highest BCUT2D eigenvalue weighted by molar-refractivity contribution is 5.59. The molecule has 16 heteroatoms. The smallest absolute Gasteiger partial charge is 0.343 e. The Kier molecular flexibility index (Phi) is 6.53. The highest BCUT2D eigenvalue weighted by atomic mass is 19.4. The molecule has 0 fully saturated rings. The third kappa shape index (κ3) is 6.20. The summed E-state index contributed by atoms with van der Waals surface area (Å²) in [6.45, 7) is 0.734. The maximum Gasteiger partial charge on any atom is 0.433 e. The van der Waals surface area contributed by atoms with Crippen LogP contribution < -0.4 is 10.6 Å². The average Bonchev–Trinajstić information content (AvgIpc) is 2.72. The number of alkyl halides is 9. The van der Waals surface area contributed by atoms with Crippen molar-refractivity contribution < 1.29 is 39.5 Å². The van der Waals surface area contributed by atoms with Gasteiger partial charge in [-0.25, -0.2) is 4.98 Å². The van der Waals surface area contributed by atoms with Crippen molar-refractivity contribution >= 4 is 17.6 Å². The van der Waals surface area contributed by atoms with Crippen molar-refractivity contribution in [2.45, 2.75) is 31.5 Å². The molecule has 3 aromatic heterocycles. The minimum Gasteiger partial charge on any atom is -0.343 e. The molecule has 0 aliphatic rings. The van der Waals surface area contributed by atoms with Gasteiger partial charge in [-0.3, -0.25) is 4.98 Å². The first kappa shape index (κ1) is 24.9. The van der Waals surface area contributed by atoms with Gasteiger partial charge in [-0.1, -0.05) is 6.07 Å². The van der Waals surface area contributed by atoms with Gasteiger partial charge in [-0.2, -0.15) is 54.5 Å². The summed E-state index contributed by atoms with van der Waals surface area (Å²) in [5, 5.41) is 4.28. The molecule has 0 aromatic carbocycles. The molecule has 0 amide bonds. The molecule has 0 aliphatic carbocycles. The van der Waals surface area contributed by atoms with Crippen LogP contribution in [0, 0.1) is 0 Å². The number of anilines is 3. The van der Waals surface area contributed by atoms with Crippen LogP contribution in [0.15, 0.2) is 36.5 Å². The fourth-order valence-corrected chi connectivity index (χ4v) is 2.40. The van der Waals surface area contributed by atoms with Crippen molar-refractivity contribution in [3.05, 3.63) is 47.9 Å². The maximum atomic E-state index is 13.0. The highest BCUT2D eigenvalue weighted by Crippen LogP contribution is 2.31. The number of rotatable bonds is 5. The van der Waals surface area contributed by atoms with E-state index in [4.69, 9.17) is 0 Å². The summed E-state index contributed by atoms with van der Waals surface area (Å²) in [6, 6.07) is 2.20. The van der Waals surface area contributed by atoms with Crippen molar-refractivity contribution in [1.82, 2.24) is 24.9 Å². The van der Waals surface area contributed by atoms with Crippen LogP contribution in [0.1, 0.15) is 18.3 Å². The van der Waals surface area contributed by atoms with Gasteiger partial charge >= 0.3 is 18.5 Å². The minimum absolute atomic E-state index is 0.244. The van der Waals surface area contributed by atoms with Gasteiger partial charge in [0, 0.05) is 11.9 Å². The molecule has 182 valence electrons. The molecule has 3 heterocycles. The van der Waals surface area contributed by atoms with Crippen LogP contribution in [0.25, 0.3) is 11.5 Å². The van der Waals surface area contributed by atoms with Gasteiger partial charge < -0.3 is 10.6 Å². The molecule has 0 bridgehead atoms. The molecule has 0 aliphatic heterocycles. The minimum atomic E-state index is -4.83. The number of hydrogen-bond acceptors (Lipinski definition) is 7. The predicted molar refractivity (Wildman–Crippen MR) is 99.7 cm³/mol. The van der Waals surface area contributed by atoms with Crippen molar-refractivity contribution in [2.24, 2.45) is 0 Å². The van der Waals surface area contributed by atoms with Gasteiger partial charge in [0.15, 0.2) is 5.82 Å². The molecule has 34 heavy (non-hydrogen) atoms. The topological polar surface area (TPSA) is 88.5 Å². The number of hydrogen-bond donors (Lipinski definition) is 2. The Balaban J connectivity index is 2.05. The van der Waals surface area contributed by atoms with Gasteiger partial charge in [0.25, 0.3) is 0 Å². The molecule has 0 saturated heterocycles. The Morgan fingerprint density at radius 3 is 2.03 bits per heavy atom. The van der Waals surface area contributed by atoms with Crippen LogP contribution in [0.4, 0.5) is 57.1 Å². The zero-order valence-electron chi connectivity index (χ0n) is 16.7. The fourth-order valence-electron chi connectivity index (χ4n) is 2.40. The second-order valence-corrected chi connectivity index (χ2v) is 6.67. The van der Waals surface area contributed by atoms with Gasteiger partial charge in [0.2, 0.25) is 11.9 Å². The second-order valence-electron chi connectivity index (χ2n) is 6.67. The van der Waals surface area contributed by atoms with E-state index in [9.17, 15) is 39.5 Å². The first-order valence-electron chi connectivity index (χ1n) is 9.07. The summed E-state index contributed by atoms with van der Waals surface area (Å²) in [6.07, 6.45) is -13.5. The Morgan fingerprint density at radius 1 is 0.765 bits per heavy atom. The van der Waals surface area contributed by atoms with Crippen molar-refractivity contribution in [2.75, 3.05) is 10.6 Å². The van der Waals surface area contributed by atoms with E-state index in [0.29, 0.717) is 12.1 Å². The van der Waals surface area contributed by atoms with Gasteiger partial charge in [0.1, 0.15) is 23.1 Å². The standard InChI is InChI=1S/C18H12F9N7/c1-8(16(19,20)21)29-14-32-13(10-3-2-4-11(31-10)17(22,23)24)33-15(34-14)30-9-5-6-28-12(7-9)18(25,26)27/h2-8H,1H3,(H2,28,29,30,32,33,34). The zero-order valence-corrected chi connectivity index (χ0v) is 16.7. The molecule has 0 spiro atoms. The van der Waals surface area contributed by atoms with Crippen LogP contribution in [-0.2, 0) is 12.4 Å². The molecule has 1 atom stereocenters. The van der Waals surface area contributed by atoms with Gasteiger partial charge in [-0.15, -0.1) is 0 Å². The summed E-state index contributed by atoms with van der Waals surface area (Å²) in [5.41, 5.74) is -3.31. The van der Waals surface area contributed by atoms with E-state index >= 15 is 0 Å². The molecular formula is C18H12F9N7. The van der Waals surface area contributed by atoms with E-state index in [1.165, 1.54) is 0 Å². The first-order valence-corrected chi connectivity index (χ1v) is 9.07. The quantitative estimate of drug-likeness (QED) is 0.452. The summed E-state index contributed by atoms with van der Waals surface area (Å²) < 4.78 is 117. The van der Waals surface area contributed by atoms with Crippen LogP contribution in [0.5, 0.6) is 0 Å². The lowest BCUT2D eigenvalue weighted by molar-refractivity contribution is -0.141. The van der Waals surface area contributed by atoms with Crippen molar-refractivity contribution in [3.63, 3.8) is 0 Å². The molecule has 7 nitrogen and oxygen atoms in total. The Morgan fingerprint density at radius 2 is 1.41 bits per heavy atom. The van der Waals surface area contributed by atoms with Crippen LogP contribution in [-0.4, -0.2) is 37.1 Å². The number of nitrogens with one attached hydrogen (secondary N) is 2. The van der Waals surface area contributed by atoms with Crippen molar-refractivity contribution in [1.29, 1.82) is 0 Å². The molecule has 2 N–H and O–H groups in total. The Hall–Kier alpha value is -3.72. The molecule has 0 radical (unpaired) electrons. The third-order valence-corrected chi connectivity index (χ3v) is 4.05. The largest absolute Gasteiger partial charge is 0.433 e. The number of halogens is 9. The molecule has 3 rings (SSSR count). The highest BCUT2D eigenvalue weighted by Gasteiger charge is 2.37. The Bertz CT molecular complexity index is 1160. The summed E-state index contributed by atoms with van der Waals surface area (Å²) in [4.78, 5) is 17.7. The molecular weight excluding hydrogens is 485 g/mol. The number of pyridine rings is 2. The van der Waals surface area contributed by atoms with Gasteiger partial charge in [-0.05, 0) is 31.2 Å². The third-order valence-electron chi connectivity index (χ3n) is 4.05. The normalized spacial score (nSPS) is 13.5. The lowest BCUT2D eigenvalue weighted by atomic mass is 10.3. The van der Waals surface area contributed by atoms with E-state index in [2.05, 4.69) is 30.2 Å². The number of nitrogens with zero attached hydrogens (tertiary/aromatic N) is 5. The number of aromatic nitrogens is 5. The second kappa shape index (κ2) is 8.90. The molecule has 1 unspecified atom stereocenters. The predicted octanol–water partition coefficient (Wildman–Crippen LogP) is 5.47. The lowest BCUT2D eigenvalue weighted by Gasteiger charge is -2.18. The fraction of sp³-hybridized carbons (Fsp3) is 0.278.